The Morgan fingerprint density at radius 3 is 2.52 bits per heavy atom. The maximum atomic E-state index is 12.8. The van der Waals surface area contributed by atoms with Crippen molar-refractivity contribution in [3.8, 4) is 0 Å². The van der Waals surface area contributed by atoms with Gasteiger partial charge in [-0.25, -0.2) is 4.79 Å². The molecule has 5 nitrogen and oxygen atoms in total. The third-order valence-electron chi connectivity index (χ3n) is 6.58. The molecule has 1 heterocycles. The van der Waals surface area contributed by atoms with Crippen molar-refractivity contribution in [2.75, 3.05) is 20.1 Å². The Kier molecular flexibility index (Phi) is 4.87. The Labute approximate surface area is 162 Å². The van der Waals surface area contributed by atoms with E-state index in [2.05, 4.69) is 41.4 Å². The van der Waals surface area contributed by atoms with Gasteiger partial charge >= 0.3 is 6.03 Å². The topological polar surface area (TPSA) is 52.7 Å². The fourth-order valence-corrected chi connectivity index (χ4v) is 4.75. The standard InChI is InChI=1S/C22H31N3O2/c1-16-7-9-18(10-8-16)22(11-12-22)23-21(27)24(2)14-17-13-20(26)25(15-17)19-5-3-4-6-19/h7-10,17,19H,3-6,11-15H2,1-2H3,(H,23,27)/t17-/m0/s1. The summed E-state index contributed by atoms with van der Waals surface area (Å²) in [5.74, 6) is 0.530. The minimum atomic E-state index is -0.194. The minimum Gasteiger partial charge on any atom is -0.339 e. The predicted octanol–water partition coefficient (Wildman–Crippen LogP) is 3.42. The Bertz CT molecular complexity index is 705. The van der Waals surface area contributed by atoms with Gasteiger partial charge in [-0.05, 0) is 38.2 Å². The quantitative estimate of drug-likeness (QED) is 0.865. The highest BCUT2D eigenvalue weighted by atomic mass is 16.2. The molecule has 2 saturated carbocycles. The lowest BCUT2D eigenvalue weighted by Gasteiger charge is -2.27. The van der Waals surface area contributed by atoms with Crippen LogP contribution < -0.4 is 5.32 Å². The molecule has 0 aromatic heterocycles. The number of amides is 3. The Balaban J connectivity index is 1.32. The van der Waals surface area contributed by atoms with E-state index in [0.29, 0.717) is 19.0 Å². The Morgan fingerprint density at radius 1 is 1.22 bits per heavy atom. The van der Waals surface area contributed by atoms with E-state index in [1.807, 2.05) is 7.05 Å². The average molecular weight is 370 g/mol. The number of benzene rings is 1. The van der Waals surface area contributed by atoms with Crippen molar-refractivity contribution in [2.45, 2.75) is 63.5 Å². The number of likely N-dealkylation sites (tertiary alicyclic amines) is 1. The molecule has 3 aliphatic rings. The maximum Gasteiger partial charge on any atom is 0.317 e. The van der Waals surface area contributed by atoms with E-state index in [-0.39, 0.29) is 23.4 Å². The highest BCUT2D eigenvalue weighted by Gasteiger charge is 2.46. The highest BCUT2D eigenvalue weighted by Crippen LogP contribution is 2.45. The summed E-state index contributed by atoms with van der Waals surface area (Å²) < 4.78 is 0. The molecular formula is C22H31N3O2. The normalized spacial score (nSPS) is 24.3. The van der Waals surface area contributed by atoms with Crippen LogP contribution in [-0.4, -0.2) is 47.9 Å². The fraction of sp³-hybridized carbons (Fsp3) is 0.636. The molecule has 146 valence electrons. The zero-order chi connectivity index (χ0) is 19.0. The number of hydrogen-bond donors (Lipinski definition) is 1. The van der Waals surface area contributed by atoms with Crippen molar-refractivity contribution in [2.24, 2.45) is 5.92 Å². The lowest BCUT2D eigenvalue weighted by molar-refractivity contribution is -0.129. The summed E-state index contributed by atoms with van der Waals surface area (Å²) in [6, 6.07) is 8.87. The van der Waals surface area contributed by atoms with Gasteiger partial charge in [0.15, 0.2) is 0 Å². The second kappa shape index (κ2) is 7.17. The zero-order valence-corrected chi connectivity index (χ0v) is 16.5. The van der Waals surface area contributed by atoms with Gasteiger partial charge in [-0.2, -0.15) is 0 Å². The van der Waals surface area contributed by atoms with E-state index >= 15 is 0 Å². The first-order chi connectivity index (χ1) is 13.0. The first kappa shape index (κ1) is 18.3. The minimum absolute atomic E-state index is 0.0279. The number of hydrogen-bond acceptors (Lipinski definition) is 2. The third kappa shape index (κ3) is 3.83. The highest BCUT2D eigenvalue weighted by molar-refractivity contribution is 5.79. The summed E-state index contributed by atoms with van der Waals surface area (Å²) in [5, 5.41) is 3.24. The van der Waals surface area contributed by atoms with Crippen molar-refractivity contribution in [1.29, 1.82) is 0 Å². The van der Waals surface area contributed by atoms with Crippen LogP contribution in [0.1, 0.15) is 56.1 Å². The SMILES string of the molecule is Cc1ccc(C2(NC(=O)N(C)C[C@@H]3CC(=O)N(C4CCCC4)C3)CC2)cc1. The second-order valence-electron chi connectivity index (χ2n) is 8.81. The molecule has 0 spiro atoms. The molecule has 3 fully saturated rings. The van der Waals surface area contributed by atoms with Crippen molar-refractivity contribution in [3.05, 3.63) is 35.4 Å². The fourth-order valence-electron chi connectivity index (χ4n) is 4.75. The van der Waals surface area contributed by atoms with E-state index in [9.17, 15) is 9.59 Å². The molecule has 1 aliphatic heterocycles. The molecule has 0 unspecified atom stereocenters. The molecular weight excluding hydrogens is 338 g/mol. The number of aryl methyl sites for hydroxylation is 1. The molecule has 0 bridgehead atoms. The van der Waals surface area contributed by atoms with Crippen molar-refractivity contribution < 1.29 is 9.59 Å². The molecule has 3 amide bonds. The first-order valence-electron chi connectivity index (χ1n) is 10.4. The number of carbonyl (C=O) groups excluding carboxylic acids is 2. The number of nitrogens with zero attached hydrogens (tertiary/aromatic N) is 2. The van der Waals surface area contributed by atoms with Crippen LogP contribution in [0.5, 0.6) is 0 Å². The van der Waals surface area contributed by atoms with Crippen LogP contribution in [0.2, 0.25) is 0 Å². The monoisotopic (exact) mass is 369 g/mol. The Morgan fingerprint density at radius 2 is 1.89 bits per heavy atom. The summed E-state index contributed by atoms with van der Waals surface area (Å²) in [5.41, 5.74) is 2.23. The number of urea groups is 1. The molecule has 0 radical (unpaired) electrons. The number of carbonyl (C=O) groups is 2. The largest absolute Gasteiger partial charge is 0.339 e. The van der Waals surface area contributed by atoms with Crippen LogP contribution >= 0.6 is 0 Å². The van der Waals surface area contributed by atoms with E-state index in [4.69, 9.17) is 0 Å². The van der Waals surface area contributed by atoms with Crippen LogP contribution in [0.4, 0.5) is 4.79 Å². The first-order valence-corrected chi connectivity index (χ1v) is 10.4. The van der Waals surface area contributed by atoms with Gasteiger partial charge in [-0.3, -0.25) is 4.79 Å². The molecule has 27 heavy (non-hydrogen) atoms. The van der Waals surface area contributed by atoms with Crippen LogP contribution in [0.3, 0.4) is 0 Å². The van der Waals surface area contributed by atoms with Crippen molar-refractivity contribution in [1.82, 2.24) is 15.1 Å². The zero-order valence-electron chi connectivity index (χ0n) is 16.5. The van der Waals surface area contributed by atoms with E-state index in [0.717, 1.165) is 32.2 Å². The molecule has 1 N–H and O–H groups in total. The van der Waals surface area contributed by atoms with E-state index < -0.39 is 0 Å². The molecule has 1 atom stereocenters. The van der Waals surface area contributed by atoms with Gasteiger partial charge < -0.3 is 15.1 Å². The van der Waals surface area contributed by atoms with Gasteiger partial charge in [-0.15, -0.1) is 0 Å². The van der Waals surface area contributed by atoms with Crippen molar-refractivity contribution >= 4 is 11.9 Å². The van der Waals surface area contributed by atoms with Crippen LogP contribution in [0.15, 0.2) is 24.3 Å². The molecule has 1 aromatic rings. The lowest BCUT2D eigenvalue weighted by Crippen LogP contribution is -2.45. The van der Waals surface area contributed by atoms with Gasteiger partial charge in [-0.1, -0.05) is 42.7 Å². The summed E-state index contributed by atoms with van der Waals surface area (Å²) in [4.78, 5) is 29.0. The summed E-state index contributed by atoms with van der Waals surface area (Å²) >= 11 is 0. The Hall–Kier alpha value is -2.04. The van der Waals surface area contributed by atoms with Gasteiger partial charge in [0, 0.05) is 38.5 Å². The second-order valence-corrected chi connectivity index (χ2v) is 8.81. The molecule has 1 saturated heterocycles. The van der Waals surface area contributed by atoms with Crippen LogP contribution in [-0.2, 0) is 10.3 Å². The van der Waals surface area contributed by atoms with Crippen LogP contribution in [0.25, 0.3) is 0 Å². The average Bonchev–Trinajstić information content (AvgIpc) is 3.05. The molecule has 1 aromatic carbocycles. The van der Waals surface area contributed by atoms with Crippen LogP contribution in [0, 0.1) is 12.8 Å². The molecule has 4 rings (SSSR count). The van der Waals surface area contributed by atoms with E-state index in [1.54, 1.807) is 4.90 Å². The summed E-state index contributed by atoms with van der Waals surface area (Å²) in [7, 11) is 1.85. The smallest absolute Gasteiger partial charge is 0.317 e. The van der Waals surface area contributed by atoms with Gasteiger partial charge in [0.05, 0.1) is 5.54 Å². The number of nitrogens with one attached hydrogen (secondary N) is 1. The third-order valence-corrected chi connectivity index (χ3v) is 6.58. The molecule has 5 heteroatoms. The number of rotatable bonds is 5. The summed E-state index contributed by atoms with van der Waals surface area (Å²) in [6.45, 7) is 3.53. The van der Waals surface area contributed by atoms with E-state index in [1.165, 1.54) is 24.0 Å². The van der Waals surface area contributed by atoms with Crippen molar-refractivity contribution in [3.63, 3.8) is 0 Å². The summed E-state index contributed by atoms with van der Waals surface area (Å²) in [6.07, 6.45) is 7.34. The maximum absolute atomic E-state index is 12.8. The van der Waals surface area contributed by atoms with Gasteiger partial charge in [0.2, 0.25) is 5.91 Å². The molecule has 2 aliphatic carbocycles. The van der Waals surface area contributed by atoms with Gasteiger partial charge in [0.25, 0.3) is 0 Å². The van der Waals surface area contributed by atoms with Gasteiger partial charge in [0.1, 0.15) is 0 Å². The lowest BCUT2D eigenvalue weighted by atomic mass is 10.0. The predicted molar refractivity (Wildman–Crippen MR) is 105 cm³/mol.